The third-order valence-electron chi connectivity index (χ3n) is 3.28. The number of benzene rings is 1. The van der Waals surface area contributed by atoms with Crippen LogP contribution in [0.4, 0.5) is 0 Å². The van der Waals surface area contributed by atoms with E-state index < -0.39 is 0 Å². The van der Waals surface area contributed by atoms with Crippen LogP contribution in [-0.4, -0.2) is 25.8 Å². The lowest BCUT2D eigenvalue weighted by Gasteiger charge is -2.10. The SMILES string of the molecule is CCCCOc1ccc(/C=N\NC(=O)C2CC2)cc1OC. The van der Waals surface area contributed by atoms with Crippen molar-refractivity contribution >= 4 is 12.1 Å². The second-order valence-corrected chi connectivity index (χ2v) is 5.12. The summed E-state index contributed by atoms with van der Waals surface area (Å²) in [5, 5.41) is 3.96. The van der Waals surface area contributed by atoms with E-state index in [1.165, 1.54) is 0 Å². The molecule has 0 saturated heterocycles. The van der Waals surface area contributed by atoms with Crippen LogP contribution >= 0.6 is 0 Å². The van der Waals surface area contributed by atoms with E-state index in [2.05, 4.69) is 17.5 Å². The zero-order valence-corrected chi connectivity index (χ0v) is 12.6. The van der Waals surface area contributed by atoms with Crippen molar-refractivity contribution in [2.45, 2.75) is 32.6 Å². The van der Waals surface area contributed by atoms with Crippen LogP contribution in [0.5, 0.6) is 11.5 Å². The minimum Gasteiger partial charge on any atom is -0.493 e. The number of hydrazone groups is 1. The van der Waals surface area contributed by atoms with Gasteiger partial charge in [-0.3, -0.25) is 4.79 Å². The number of hydrogen-bond acceptors (Lipinski definition) is 4. The molecule has 0 heterocycles. The molecule has 0 atom stereocenters. The molecule has 1 saturated carbocycles. The van der Waals surface area contributed by atoms with E-state index in [-0.39, 0.29) is 11.8 Å². The second kappa shape index (κ2) is 7.67. The zero-order chi connectivity index (χ0) is 15.1. The Morgan fingerprint density at radius 3 is 2.90 bits per heavy atom. The van der Waals surface area contributed by atoms with Crippen molar-refractivity contribution in [3.05, 3.63) is 23.8 Å². The highest BCUT2D eigenvalue weighted by Crippen LogP contribution is 2.29. The maximum atomic E-state index is 11.4. The normalized spacial score (nSPS) is 14.2. The third-order valence-corrected chi connectivity index (χ3v) is 3.28. The molecule has 114 valence electrons. The summed E-state index contributed by atoms with van der Waals surface area (Å²) in [6.07, 6.45) is 5.66. The van der Waals surface area contributed by atoms with E-state index >= 15 is 0 Å². The van der Waals surface area contributed by atoms with Crippen molar-refractivity contribution in [1.29, 1.82) is 0 Å². The minimum atomic E-state index is -0.00210. The maximum Gasteiger partial charge on any atom is 0.243 e. The summed E-state index contributed by atoms with van der Waals surface area (Å²) < 4.78 is 11.0. The lowest BCUT2D eigenvalue weighted by atomic mass is 10.2. The first-order valence-corrected chi connectivity index (χ1v) is 7.38. The van der Waals surface area contributed by atoms with E-state index in [1.54, 1.807) is 13.3 Å². The third kappa shape index (κ3) is 4.77. The quantitative estimate of drug-likeness (QED) is 0.455. The van der Waals surface area contributed by atoms with E-state index in [4.69, 9.17) is 9.47 Å². The van der Waals surface area contributed by atoms with Crippen LogP contribution in [0.25, 0.3) is 0 Å². The molecule has 5 heteroatoms. The van der Waals surface area contributed by atoms with Crippen LogP contribution in [0, 0.1) is 5.92 Å². The van der Waals surface area contributed by atoms with Gasteiger partial charge in [-0.25, -0.2) is 5.43 Å². The van der Waals surface area contributed by atoms with Gasteiger partial charge in [0.25, 0.3) is 0 Å². The molecule has 1 aromatic carbocycles. The van der Waals surface area contributed by atoms with Gasteiger partial charge < -0.3 is 9.47 Å². The molecule has 5 nitrogen and oxygen atoms in total. The number of nitrogens with zero attached hydrogens (tertiary/aromatic N) is 1. The molecule has 2 rings (SSSR count). The summed E-state index contributed by atoms with van der Waals surface area (Å²) in [4.78, 5) is 11.4. The monoisotopic (exact) mass is 290 g/mol. The van der Waals surface area contributed by atoms with Crippen LogP contribution in [0.1, 0.15) is 38.2 Å². The molecular weight excluding hydrogens is 268 g/mol. The summed E-state index contributed by atoms with van der Waals surface area (Å²) in [7, 11) is 1.61. The van der Waals surface area contributed by atoms with Gasteiger partial charge in [-0.05, 0) is 43.0 Å². The van der Waals surface area contributed by atoms with Crippen molar-refractivity contribution in [2.75, 3.05) is 13.7 Å². The highest BCUT2D eigenvalue weighted by molar-refractivity contribution is 5.84. The average molecular weight is 290 g/mol. The van der Waals surface area contributed by atoms with E-state index in [0.717, 1.165) is 37.0 Å². The van der Waals surface area contributed by atoms with E-state index in [1.807, 2.05) is 18.2 Å². The molecule has 0 unspecified atom stereocenters. The predicted octanol–water partition coefficient (Wildman–Crippen LogP) is 2.73. The molecule has 1 aliphatic rings. The molecule has 0 aromatic heterocycles. The van der Waals surface area contributed by atoms with Gasteiger partial charge in [-0.1, -0.05) is 13.3 Å². The molecule has 0 spiro atoms. The molecular formula is C16H22N2O3. The van der Waals surface area contributed by atoms with Gasteiger partial charge in [0.05, 0.1) is 19.9 Å². The van der Waals surface area contributed by atoms with Crippen LogP contribution in [0.3, 0.4) is 0 Å². The minimum absolute atomic E-state index is 0.00210. The lowest BCUT2D eigenvalue weighted by Crippen LogP contribution is -2.18. The Kier molecular flexibility index (Phi) is 5.60. The number of rotatable bonds is 8. The number of carbonyl (C=O) groups excluding carboxylic acids is 1. The van der Waals surface area contributed by atoms with Gasteiger partial charge in [-0.2, -0.15) is 5.10 Å². The molecule has 0 bridgehead atoms. The fraction of sp³-hybridized carbons (Fsp3) is 0.500. The Bertz CT molecular complexity index is 510. The fourth-order valence-corrected chi connectivity index (χ4v) is 1.82. The first-order chi connectivity index (χ1) is 10.2. The average Bonchev–Trinajstić information content (AvgIpc) is 3.33. The van der Waals surface area contributed by atoms with Crippen molar-refractivity contribution in [2.24, 2.45) is 11.0 Å². The summed E-state index contributed by atoms with van der Waals surface area (Å²) in [6, 6.07) is 5.59. The number of ether oxygens (including phenoxy) is 2. The van der Waals surface area contributed by atoms with Crippen molar-refractivity contribution in [3.8, 4) is 11.5 Å². The number of unbranched alkanes of at least 4 members (excludes halogenated alkanes) is 1. The lowest BCUT2D eigenvalue weighted by molar-refractivity contribution is -0.122. The van der Waals surface area contributed by atoms with E-state index in [9.17, 15) is 4.79 Å². The van der Waals surface area contributed by atoms with Crippen LogP contribution in [0.2, 0.25) is 0 Å². The Labute approximate surface area is 125 Å². The molecule has 1 fully saturated rings. The van der Waals surface area contributed by atoms with E-state index in [0.29, 0.717) is 12.4 Å². The summed E-state index contributed by atoms with van der Waals surface area (Å²) in [5.74, 6) is 1.55. The predicted molar refractivity (Wildman–Crippen MR) is 81.9 cm³/mol. The smallest absolute Gasteiger partial charge is 0.243 e. The molecule has 21 heavy (non-hydrogen) atoms. The van der Waals surface area contributed by atoms with Crippen LogP contribution < -0.4 is 14.9 Å². The summed E-state index contributed by atoms with van der Waals surface area (Å²) in [6.45, 7) is 2.80. The second-order valence-electron chi connectivity index (χ2n) is 5.12. The number of nitrogens with one attached hydrogen (secondary N) is 1. The van der Waals surface area contributed by atoms with Crippen molar-refractivity contribution in [1.82, 2.24) is 5.43 Å². The maximum absolute atomic E-state index is 11.4. The van der Waals surface area contributed by atoms with Gasteiger partial charge in [0.2, 0.25) is 5.91 Å². The van der Waals surface area contributed by atoms with Gasteiger partial charge in [0.1, 0.15) is 0 Å². The number of methoxy groups -OCH3 is 1. The van der Waals surface area contributed by atoms with Gasteiger partial charge in [0, 0.05) is 5.92 Å². The summed E-state index contributed by atoms with van der Waals surface area (Å²) >= 11 is 0. The number of carbonyl (C=O) groups is 1. The molecule has 0 radical (unpaired) electrons. The fourth-order valence-electron chi connectivity index (χ4n) is 1.82. The van der Waals surface area contributed by atoms with Crippen molar-refractivity contribution in [3.63, 3.8) is 0 Å². The van der Waals surface area contributed by atoms with Crippen LogP contribution in [-0.2, 0) is 4.79 Å². The highest BCUT2D eigenvalue weighted by atomic mass is 16.5. The Morgan fingerprint density at radius 2 is 2.24 bits per heavy atom. The van der Waals surface area contributed by atoms with Gasteiger partial charge >= 0.3 is 0 Å². The Morgan fingerprint density at radius 1 is 1.43 bits per heavy atom. The Balaban J connectivity index is 1.93. The van der Waals surface area contributed by atoms with Crippen LogP contribution in [0.15, 0.2) is 23.3 Å². The highest BCUT2D eigenvalue weighted by Gasteiger charge is 2.29. The number of amides is 1. The molecule has 1 aliphatic carbocycles. The molecule has 1 amide bonds. The topological polar surface area (TPSA) is 59.9 Å². The standard InChI is InChI=1S/C16H22N2O3/c1-3-4-9-21-14-8-5-12(10-15(14)20-2)11-17-18-16(19)13-6-7-13/h5,8,10-11,13H,3-4,6-7,9H2,1-2H3,(H,18,19)/b17-11-. The Hall–Kier alpha value is -2.04. The summed E-state index contributed by atoms with van der Waals surface area (Å²) in [5.41, 5.74) is 3.40. The molecule has 1 N–H and O–H groups in total. The number of hydrogen-bond donors (Lipinski definition) is 1. The first kappa shape index (κ1) is 15.4. The molecule has 0 aliphatic heterocycles. The molecule has 1 aromatic rings. The van der Waals surface area contributed by atoms with Gasteiger partial charge in [0.15, 0.2) is 11.5 Å². The van der Waals surface area contributed by atoms with Gasteiger partial charge in [-0.15, -0.1) is 0 Å². The zero-order valence-electron chi connectivity index (χ0n) is 12.6. The first-order valence-electron chi connectivity index (χ1n) is 7.38. The largest absolute Gasteiger partial charge is 0.493 e. The van der Waals surface area contributed by atoms with Crippen molar-refractivity contribution < 1.29 is 14.3 Å².